The summed E-state index contributed by atoms with van der Waals surface area (Å²) in [5, 5.41) is 62.3. The van der Waals surface area contributed by atoms with Crippen LogP contribution in [0.15, 0.2) is 0 Å². The second-order valence-corrected chi connectivity index (χ2v) is 17.4. The molecule has 11 atom stereocenters. The first-order valence-corrected chi connectivity index (χ1v) is 21.7. The summed E-state index contributed by atoms with van der Waals surface area (Å²) in [7, 11) is 0. The van der Waals surface area contributed by atoms with Crippen molar-refractivity contribution in [1.82, 2.24) is 46.7 Å². The van der Waals surface area contributed by atoms with Gasteiger partial charge in [0.05, 0.1) is 12.2 Å². The van der Waals surface area contributed by atoms with Crippen LogP contribution in [0.4, 0.5) is 0 Å². The molecule has 0 aromatic heterocycles. The van der Waals surface area contributed by atoms with Crippen LogP contribution in [0.1, 0.15) is 106 Å². The number of aliphatic hydroxyl groups excluding tert-OH is 1. The molecule has 62 heavy (non-hydrogen) atoms. The average molecular weight is 884 g/mol. The maximum atomic E-state index is 14.9. The molecule has 5 aliphatic heterocycles. The predicted molar refractivity (Wildman–Crippen MR) is 212 cm³/mol. The van der Waals surface area contributed by atoms with Crippen molar-refractivity contribution in [2.75, 3.05) is 26.2 Å². The number of hydrogen-bond acceptors (Lipinski definition) is 17. The van der Waals surface area contributed by atoms with Gasteiger partial charge in [-0.05, 0) is 77.0 Å². The molecule has 0 spiro atoms. The van der Waals surface area contributed by atoms with E-state index in [0.717, 1.165) is 28.9 Å². The Morgan fingerprint density at radius 1 is 0.823 bits per heavy atom. The highest BCUT2D eigenvalue weighted by atomic mass is 16.6. The smallest absolute Gasteiger partial charge is 0.334 e. The van der Waals surface area contributed by atoms with Gasteiger partial charge >= 0.3 is 5.97 Å². The first-order valence-electron chi connectivity index (χ1n) is 21.7. The minimum atomic E-state index is -2.74. The van der Waals surface area contributed by atoms with Gasteiger partial charge in [0.15, 0.2) is 11.6 Å². The molecule has 0 radical (unpaired) electrons. The number of hydrogen-bond donors (Lipinski definition) is 9. The van der Waals surface area contributed by atoms with Crippen LogP contribution in [-0.2, 0) is 43.0 Å². The standard InChI is InChI=1S/C39H65N9O14/c1-7-23-15-16-39(58,62-27(23)8-2)38(6,57)37(56)43-29-31(21(3)4)61-36(55)30(22(5)49)48(60)34(53)26-14-11-18-41-46(26)33(52)25-13-10-17-40-45(25)28(50)20-44(59)32(51)24-12-9-19-42-47(24)35(29)54/h21-27,29-31,40-42,49,57-60H,7-20H2,1-6H3,(H,43,56). The van der Waals surface area contributed by atoms with Crippen LogP contribution >= 0.6 is 0 Å². The SMILES string of the molecule is CCC1CCC(O)(C(C)(O)C(=O)NC2C(=O)N3NCCCC3C(=O)N(O)CC(=O)N3NCCCC3C(=O)N3NCCCC3C(=O)N(O)C(C(C)O)C(=O)OC2C(C)C)OC1CC. The Labute approximate surface area is 360 Å². The lowest BCUT2D eigenvalue weighted by Gasteiger charge is -2.48. The molecule has 23 heteroatoms. The van der Waals surface area contributed by atoms with Crippen LogP contribution in [0, 0.1) is 11.8 Å². The van der Waals surface area contributed by atoms with Gasteiger partial charge in [-0.15, -0.1) is 0 Å². The van der Waals surface area contributed by atoms with E-state index in [0.29, 0.717) is 38.5 Å². The Morgan fingerprint density at radius 3 is 1.89 bits per heavy atom. The number of esters is 1. The minimum absolute atomic E-state index is 0.0151. The molecule has 5 saturated heterocycles. The zero-order chi connectivity index (χ0) is 45.8. The van der Waals surface area contributed by atoms with E-state index in [9.17, 15) is 59.3 Å². The summed E-state index contributed by atoms with van der Waals surface area (Å²) in [6, 6.07) is -8.40. The van der Waals surface area contributed by atoms with Gasteiger partial charge < -0.3 is 30.1 Å². The molecular formula is C39H65N9O14. The molecule has 6 amide bonds. The highest BCUT2D eigenvalue weighted by molar-refractivity contribution is 5.97. The van der Waals surface area contributed by atoms with Gasteiger partial charge in [0.1, 0.15) is 36.8 Å². The summed E-state index contributed by atoms with van der Waals surface area (Å²) in [6.07, 6.45) is -1.65. The third-order valence-corrected chi connectivity index (χ3v) is 12.7. The molecule has 23 nitrogen and oxygen atoms in total. The molecule has 0 bridgehead atoms. The molecule has 9 N–H and O–H groups in total. The number of nitrogens with one attached hydrogen (secondary N) is 4. The number of rotatable bonds is 7. The van der Waals surface area contributed by atoms with Gasteiger partial charge in [-0.1, -0.05) is 34.1 Å². The molecule has 5 heterocycles. The van der Waals surface area contributed by atoms with Crippen molar-refractivity contribution in [2.45, 2.75) is 166 Å². The topological polar surface area (TPSA) is 303 Å². The monoisotopic (exact) mass is 883 g/mol. The number of cyclic esters (lactones) is 1. The molecule has 5 aliphatic rings. The fourth-order valence-corrected chi connectivity index (χ4v) is 8.94. The van der Waals surface area contributed by atoms with Gasteiger partial charge in [-0.3, -0.25) is 54.2 Å². The molecule has 0 aliphatic carbocycles. The lowest BCUT2D eigenvalue weighted by Crippen LogP contribution is -2.70. The van der Waals surface area contributed by atoms with Crippen molar-refractivity contribution in [3.63, 3.8) is 0 Å². The number of nitrogens with zero attached hydrogens (tertiary/aromatic N) is 5. The zero-order valence-electron chi connectivity index (χ0n) is 36.3. The van der Waals surface area contributed by atoms with Crippen LogP contribution in [-0.4, -0.2) is 178 Å². The van der Waals surface area contributed by atoms with Gasteiger partial charge in [0, 0.05) is 26.1 Å². The fourth-order valence-electron chi connectivity index (χ4n) is 8.94. The lowest BCUT2D eigenvalue weighted by molar-refractivity contribution is -0.328. The molecule has 0 aromatic carbocycles. The van der Waals surface area contributed by atoms with E-state index in [-0.39, 0.29) is 61.4 Å². The van der Waals surface area contributed by atoms with Crippen molar-refractivity contribution in [2.24, 2.45) is 11.8 Å². The van der Waals surface area contributed by atoms with E-state index in [1.54, 1.807) is 0 Å². The summed E-state index contributed by atoms with van der Waals surface area (Å²) in [5.41, 5.74) is 5.70. The van der Waals surface area contributed by atoms with E-state index in [1.807, 2.05) is 13.8 Å². The molecule has 0 saturated carbocycles. The summed E-state index contributed by atoms with van der Waals surface area (Å²) in [4.78, 5) is 99.5. The van der Waals surface area contributed by atoms with Crippen LogP contribution in [0.3, 0.4) is 0 Å². The van der Waals surface area contributed by atoms with Crippen molar-refractivity contribution < 1.29 is 68.8 Å². The number of fused-ring (bicyclic) bond motifs is 3. The number of carbonyl (C=O) groups excluding carboxylic acids is 7. The summed E-state index contributed by atoms with van der Waals surface area (Å²) in [5.74, 6) is -11.2. The number of aliphatic hydroxyl groups is 3. The van der Waals surface area contributed by atoms with Crippen molar-refractivity contribution in [3.05, 3.63) is 0 Å². The summed E-state index contributed by atoms with van der Waals surface area (Å²) >= 11 is 0. The lowest BCUT2D eigenvalue weighted by atomic mass is 9.80. The summed E-state index contributed by atoms with van der Waals surface area (Å²) < 4.78 is 11.8. The quantitative estimate of drug-likeness (QED) is 0.0966. The highest BCUT2D eigenvalue weighted by Gasteiger charge is 2.58. The second-order valence-electron chi connectivity index (χ2n) is 17.4. The van der Waals surface area contributed by atoms with Crippen LogP contribution in [0.2, 0.25) is 0 Å². The van der Waals surface area contributed by atoms with Gasteiger partial charge in [0.25, 0.3) is 35.4 Å². The van der Waals surface area contributed by atoms with Gasteiger partial charge in [-0.2, -0.15) is 0 Å². The molecule has 5 fully saturated rings. The first-order chi connectivity index (χ1) is 29.2. The minimum Gasteiger partial charge on any atom is -0.458 e. The van der Waals surface area contributed by atoms with E-state index < -0.39 is 114 Å². The predicted octanol–water partition coefficient (Wildman–Crippen LogP) is -2.22. The Bertz CT molecular complexity index is 1690. The number of amides is 6. The van der Waals surface area contributed by atoms with Crippen LogP contribution in [0.25, 0.3) is 0 Å². The largest absolute Gasteiger partial charge is 0.458 e. The maximum Gasteiger partial charge on any atom is 0.334 e. The summed E-state index contributed by atoms with van der Waals surface area (Å²) in [6.45, 7) is 8.46. The molecular weight excluding hydrogens is 818 g/mol. The Kier molecular flexibility index (Phi) is 15.9. The van der Waals surface area contributed by atoms with E-state index in [1.165, 1.54) is 13.8 Å². The molecule has 350 valence electrons. The Balaban J connectivity index is 1.60. The number of carbonyl (C=O) groups is 7. The number of hydroxylamine groups is 4. The van der Waals surface area contributed by atoms with E-state index in [4.69, 9.17) is 9.47 Å². The third kappa shape index (κ3) is 9.84. The van der Waals surface area contributed by atoms with Crippen molar-refractivity contribution in [3.8, 4) is 0 Å². The van der Waals surface area contributed by atoms with Crippen LogP contribution < -0.4 is 21.6 Å². The number of hydrazine groups is 3. The maximum absolute atomic E-state index is 14.9. The van der Waals surface area contributed by atoms with Gasteiger partial charge in [-0.25, -0.2) is 31.2 Å². The molecule has 0 aromatic rings. The van der Waals surface area contributed by atoms with Crippen LogP contribution in [0.5, 0.6) is 0 Å². The van der Waals surface area contributed by atoms with E-state index >= 15 is 0 Å². The fraction of sp³-hybridized carbons (Fsp3) is 0.821. The second kappa shape index (κ2) is 20.2. The van der Waals surface area contributed by atoms with Crippen molar-refractivity contribution in [1.29, 1.82) is 0 Å². The number of ether oxygens (including phenoxy) is 2. The third-order valence-electron chi connectivity index (χ3n) is 12.7. The molecule has 5 rings (SSSR count). The normalized spacial score (nSPS) is 34.3. The van der Waals surface area contributed by atoms with E-state index in [2.05, 4.69) is 21.6 Å². The Morgan fingerprint density at radius 2 is 1.35 bits per heavy atom. The highest BCUT2D eigenvalue weighted by Crippen LogP contribution is 2.40. The Hall–Kier alpha value is -4.07. The average Bonchev–Trinajstić information content (AvgIpc) is 3.25. The first kappa shape index (κ1) is 49.0. The van der Waals surface area contributed by atoms with Crippen molar-refractivity contribution >= 4 is 41.4 Å². The molecule has 11 unspecified atom stereocenters. The van der Waals surface area contributed by atoms with Gasteiger partial charge in [0.2, 0.25) is 5.79 Å². The zero-order valence-corrected chi connectivity index (χ0v) is 36.3.